The first kappa shape index (κ1) is 19.0. The third-order valence-electron chi connectivity index (χ3n) is 5.62. The van der Waals surface area contributed by atoms with Crippen LogP contribution in [0.15, 0.2) is 42.2 Å². The second-order valence-corrected chi connectivity index (χ2v) is 7.41. The fourth-order valence-electron chi connectivity index (χ4n) is 4.33. The molecule has 2 fully saturated rings. The first-order valence-electron chi connectivity index (χ1n) is 9.57. The second kappa shape index (κ2) is 8.28. The van der Waals surface area contributed by atoms with E-state index in [2.05, 4.69) is 4.58 Å². The van der Waals surface area contributed by atoms with Crippen LogP contribution in [0.2, 0.25) is 0 Å². The maximum Gasteiger partial charge on any atom is 0.402 e. The van der Waals surface area contributed by atoms with Gasteiger partial charge < -0.3 is 5.11 Å². The zero-order valence-electron chi connectivity index (χ0n) is 15.0. The van der Waals surface area contributed by atoms with Gasteiger partial charge in [-0.3, -0.25) is 0 Å². The number of allylic oxidation sites excluding steroid dienone is 2. The average molecular weight is 365 g/mol. The van der Waals surface area contributed by atoms with Gasteiger partial charge in [0.05, 0.1) is 0 Å². The van der Waals surface area contributed by atoms with E-state index in [9.17, 15) is 18.3 Å². The van der Waals surface area contributed by atoms with Crippen molar-refractivity contribution in [3.05, 3.63) is 47.7 Å². The maximum atomic E-state index is 12.8. The van der Waals surface area contributed by atoms with Crippen molar-refractivity contribution >= 4 is 5.71 Å². The van der Waals surface area contributed by atoms with Crippen molar-refractivity contribution in [3.63, 3.8) is 0 Å². The Bertz CT molecular complexity index is 656. The number of hydrogen-bond acceptors (Lipinski definition) is 1. The Labute approximate surface area is 153 Å². The zero-order chi connectivity index (χ0) is 18.6. The Kier molecular flexibility index (Phi) is 6.05. The van der Waals surface area contributed by atoms with Crippen molar-refractivity contribution in [2.24, 2.45) is 5.92 Å². The van der Waals surface area contributed by atoms with Gasteiger partial charge in [-0.1, -0.05) is 42.8 Å². The molecule has 1 saturated heterocycles. The van der Waals surface area contributed by atoms with Gasteiger partial charge in [0, 0.05) is 31.1 Å². The summed E-state index contributed by atoms with van der Waals surface area (Å²) in [6, 6.07) is 9.13. The topological polar surface area (TPSA) is 26.1 Å². The number of nitrogens with zero attached hydrogens (tertiary/aromatic N) is 1. The lowest BCUT2D eigenvalue weighted by molar-refractivity contribution is -0.510. The van der Waals surface area contributed by atoms with E-state index in [1.807, 2.05) is 30.3 Å². The van der Waals surface area contributed by atoms with Crippen LogP contribution in [0.5, 0.6) is 0 Å². The predicted octanol–water partition coefficient (Wildman–Crippen LogP) is 4.40. The summed E-state index contributed by atoms with van der Waals surface area (Å²) in [5, 5.41) is 11.6. The highest BCUT2D eigenvalue weighted by Crippen LogP contribution is 2.35. The molecule has 1 aromatic carbocycles. The van der Waals surface area contributed by atoms with Gasteiger partial charge >= 0.3 is 6.18 Å². The van der Waals surface area contributed by atoms with Crippen molar-refractivity contribution in [1.29, 1.82) is 0 Å². The molecule has 1 aliphatic carbocycles. The summed E-state index contributed by atoms with van der Waals surface area (Å²) in [5.74, 6) is -1.96. The van der Waals surface area contributed by atoms with Crippen molar-refractivity contribution < 1.29 is 22.9 Å². The molecule has 0 radical (unpaired) electrons. The maximum absolute atomic E-state index is 12.8. The SMILES string of the molecule is [O-]/C(=C\C(CC1CCCCC1=[N+]1CCCC1)c1ccccc1)C(F)(F)F. The fourth-order valence-corrected chi connectivity index (χ4v) is 4.33. The molecule has 0 bridgehead atoms. The highest BCUT2D eigenvalue weighted by atomic mass is 19.4. The van der Waals surface area contributed by atoms with E-state index in [1.165, 1.54) is 18.6 Å². The van der Waals surface area contributed by atoms with Gasteiger partial charge in [-0.25, -0.2) is 4.58 Å². The molecule has 1 aliphatic heterocycles. The third-order valence-corrected chi connectivity index (χ3v) is 5.62. The second-order valence-electron chi connectivity index (χ2n) is 7.41. The van der Waals surface area contributed by atoms with Gasteiger partial charge in [-0.2, -0.15) is 13.2 Å². The molecular formula is C21H26F3NO. The Morgan fingerprint density at radius 3 is 2.46 bits per heavy atom. The van der Waals surface area contributed by atoms with Gasteiger partial charge in [0.1, 0.15) is 13.1 Å². The highest BCUT2D eigenvalue weighted by molar-refractivity contribution is 5.83. The summed E-state index contributed by atoms with van der Waals surface area (Å²) in [6.07, 6.45) is 3.36. The monoisotopic (exact) mass is 365 g/mol. The summed E-state index contributed by atoms with van der Waals surface area (Å²) in [5.41, 5.74) is 2.19. The number of rotatable bonds is 4. The number of alkyl halides is 3. The number of benzene rings is 1. The van der Waals surface area contributed by atoms with Crippen LogP contribution < -0.4 is 5.11 Å². The van der Waals surface area contributed by atoms with E-state index in [-0.39, 0.29) is 5.92 Å². The molecule has 26 heavy (non-hydrogen) atoms. The van der Waals surface area contributed by atoms with Gasteiger partial charge in [0.2, 0.25) is 0 Å². The molecule has 1 heterocycles. The number of hydrogen-bond donors (Lipinski definition) is 0. The van der Waals surface area contributed by atoms with E-state index in [4.69, 9.17) is 0 Å². The summed E-state index contributed by atoms with van der Waals surface area (Å²) in [4.78, 5) is 0. The van der Waals surface area contributed by atoms with Crippen LogP contribution in [0.25, 0.3) is 0 Å². The van der Waals surface area contributed by atoms with Crippen molar-refractivity contribution in [2.45, 2.75) is 57.0 Å². The van der Waals surface area contributed by atoms with Crippen LogP contribution in [0.1, 0.15) is 56.4 Å². The summed E-state index contributed by atoms with van der Waals surface area (Å²) in [6.45, 7) is 2.13. The van der Waals surface area contributed by atoms with Crippen molar-refractivity contribution in [2.75, 3.05) is 13.1 Å². The molecule has 0 aromatic heterocycles. The van der Waals surface area contributed by atoms with Crippen molar-refractivity contribution in [3.8, 4) is 0 Å². The molecular weight excluding hydrogens is 339 g/mol. The first-order valence-corrected chi connectivity index (χ1v) is 9.57. The minimum atomic E-state index is -4.80. The molecule has 1 saturated carbocycles. The minimum absolute atomic E-state index is 0.268. The molecule has 2 atom stereocenters. The molecule has 3 rings (SSSR count). The molecule has 5 heteroatoms. The van der Waals surface area contributed by atoms with Gasteiger partial charge in [0.15, 0.2) is 5.71 Å². The van der Waals surface area contributed by atoms with Gasteiger partial charge in [0.25, 0.3) is 0 Å². The Balaban J connectivity index is 1.88. The Hall–Kier alpha value is -1.78. The van der Waals surface area contributed by atoms with E-state index in [0.717, 1.165) is 50.4 Å². The molecule has 2 nitrogen and oxygen atoms in total. The third kappa shape index (κ3) is 4.68. The lowest BCUT2D eigenvalue weighted by atomic mass is 9.78. The van der Waals surface area contributed by atoms with Gasteiger partial charge in [-0.15, -0.1) is 0 Å². The van der Waals surface area contributed by atoms with Crippen LogP contribution in [0.4, 0.5) is 13.2 Å². The van der Waals surface area contributed by atoms with Gasteiger partial charge in [-0.05, 0) is 30.6 Å². The normalized spacial score (nSPS) is 23.3. The van der Waals surface area contributed by atoms with Crippen LogP contribution in [0, 0.1) is 5.92 Å². The molecule has 142 valence electrons. The fraction of sp³-hybridized carbons (Fsp3) is 0.571. The standard InChI is InChI=1S/C21H26F3NO/c22-21(23,24)20(26)15-18(16-8-2-1-3-9-16)14-17-10-4-5-11-19(17)25-12-6-7-13-25/h1-3,8-9,15,17-18H,4-7,10-14H2/b20-15-. The van der Waals surface area contributed by atoms with E-state index in [0.29, 0.717) is 6.42 Å². The van der Waals surface area contributed by atoms with E-state index in [1.54, 1.807) is 0 Å². The van der Waals surface area contributed by atoms with E-state index < -0.39 is 17.9 Å². The Morgan fingerprint density at radius 2 is 1.81 bits per heavy atom. The summed E-state index contributed by atoms with van der Waals surface area (Å²) >= 11 is 0. The summed E-state index contributed by atoms with van der Waals surface area (Å²) in [7, 11) is 0. The molecule has 2 aliphatic rings. The molecule has 0 N–H and O–H groups in total. The highest BCUT2D eigenvalue weighted by Gasteiger charge is 2.33. The quantitative estimate of drug-likeness (QED) is 0.574. The molecule has 1 aromatic rings. The number of halogens is 3. The van der Waals surface area contributed by atoms with Crippen molar-refractivity contribution in [1.82, 2.24) is 0 Å². The molecule has 0 amide bonds. The minimum Gasteiger partial charge on any atom is -0.870 e. The predicted molar refractivity (Wildman–Crippen MR) is 94.1 cm³/mol. The lowest BCUT2D eigenvalue weighted by Crippen LogP contribution is -2.31. The molecule has 0 spiro atoms. The van der Waals surface area contributed by atoms with E-state index >= 15 is 0 Å². The largest absolute Gasteiger partial charge is 0.870 e. The lowest BCUT2D eigenvalue weighted by Gasteiger charge is -2.27. The Morgan fingerprint density at radius 1 is 1.12 bits per heavy atom. The van der Waals surface area contributed by atoms with Crippen LogP contribution >= 0.6 is 0 Å². The van der Waals surface area contributed by atoms with Crippen LogP contribution in [-0.2, 0) is 0 Å². The molecule has 2 unspecified atom stereocenters. The average Bonchev–Trinajstić information content (AvgIpc) is 3.16. The van der Waals surface area contributed by atoms with Crippen LogP contribution in [-0.4, -0.2) is 29.6 Å². The van der Waals surface area contributed by atoms with Crippen LogP contribution in [0.3, 0.4) is 0 Å². The summed E-state index contributed by atoms with van der Waals surface area (Å²) < 4.78 is 40.9. The smallest absolute Gasteiger partial charge is 0.402 e. The first-order chi connectivity index (χ1) is 12.4. The zero-order valence-corrected chi connectivity index (χ0v) is 15.0.